The van der Waals surface area contributed by atoms with Crippen molar-refractivity contribution in [1.29, 1.82) is 0 Å². The molecule has 0 saturated heterocycles. The van der Waals surface area contributed by atoms with E-state index in [2.05, 4.69) is 17.3 Å². The fourth-order valence-corrected chi connectivity index (χ4v) is 2.82. The van der Waals surface area contributed by atoms with Crippen molar-refractivity contribution < 1.29 is 26.3 Å². The van der Waals surface area contributed by atoms with Crippen molar-refractivity contribution in [1.82, 2.24) is 9.78 Å². The highest BCUT2D eigenvalue weighted by Gasteiger charge is 2.40. The van der Waals surface area contributed by atoms with Crippen LogP contribution in [0.5, 0.6) is 0 Å². The number of nitrogens with zero attached hydrogens (tertiary/aromatic N) is 2. The van der Waals surface area contributed by atoms with Gasteiger partial charge in [-0.05, 0) is 12.1 Å². The van der Waals surface area contributed by atoms with Crippen molar-refractivity contribution in [2.75, 3.05) is 5.73 Å². The van der Waals surface area contributed by atoms with Gasteiger partial charge in [0.2, 0.25) is 0 Å². The second kappa shape index (κ2) is 6.22. The molecule has 4 N–H and O–H groups in total. The van der Waals surface area contributed by atoms with Crippen LogP contribution < -0.4 is 11.5 Å². The number of hydrogen-bond acceptors (Lipinski definition) is 3. The van der Waals surface area contributed by atoms with Gasteiger partial charge in [0.15, 0.2) is 5.69 Å². The van der Waals surface area contributed by atoms with E-state index in [1.807, 2.05) is 0 Å². The van der Waals surface area contributed by atoms with Gasteiger partial charge in [-0.1, -0.05) is 35.4 Å². The summed E-state index contributed by atoms with van der Waals surface area (Å²) in [6, 6.07) is 0.967. The highest BCUT2D eigenvalue weighted by atomic mass is 35.5. The van der Waals surface area contributed by atoms with Crippen LogP contribution in [0.1, 0.15) is 16.8 Å². The molecular weight excluding hydrogens is 417 g/mol. The third-order valence-corrected chi connectivity index (χ3v) is 3.77. The molecule has 0 aliphatic rings. The fourth-order valence-electron chi connectivity index (χ4n) is 1.97. The number of halogens is 8. The molecule has 25 heavy (non-hydrogen) atoms. The predicted molar refractivity (Wildman–Crippen MR) is 83.9 cm³/mol. The highest BCUT2D eigenvalue weighted by molar-refractivity contribution is 7.80. The summed E-state index contributed by atoms with van der Waals surface area (Å²) in [6.45, 7) is 0. The van der Waals surface area contributed by atoms with Gasteiger partial charge in [0.1, 0.15) is 16.5 Å². The number of alkyl halides is 6. The Morgan fingerprint density at radius 2 is 1.52 bits per heavy atom. The second-order valence-corrected chi connectivity index (χ2v) is 5.92. The van der Waals surface area contributed by atoms with Crippen LogP contribution in [0.25, 0.3) is 5.69 Å². The van der Waals surface area contributed by atoms with Crippen LogP contribution in [0.3, 0.4) is 0 Å². The lowest BCUT2D eigenvalue weighted by atomic mass is 10.2. The van der Waals surface area contributed by atoms with Gasteiger partial charge in [0.05, 0.1) is 21.2 Å². The van der Waals surface area contributed by atoms with Crippen molar-refractivity contribution in [3.05, 3.63) is 39.0 Å². The number of thiocarbonyl (C=S) groups is 1. The number of rotatable bonds is 2. The van der Waals surface area contributed by atoms with Crippen LogP contribution in [0, 0.1) is 0 Å². The predicted octanol–water partition coefficient (Wildman–Crippen LogP) is 4.43. The van der Waals surface area contributed by atoms with Crippen LogP contribution in [-0.2, 0) is 12.4 Å². The Morgan fingerprint density at radius 1 is 1.04 bits per heavy atom. The summed E-state index contributed by atoms with van der Waals surface area (Å²) in [4.78, 5) is -0.699. The number of nitrogens with two attached hydrogens (primary N) is 2. The molecule has 0 aliphatic carbocycles. The minimum Gasteiger partial charge on any atom is -0.389 e. The van der Waals surface area contributed by atoms with Crippen LogP contribution in [-0.4, -0.2) is 14.8 Å². The molecule has 1 aromatic carbocycles. The average Bonchev–Trinajstić information content (AvgIpc) is 2.75. The molecule has 0 radical (unpaired) electrons. The van der Waals surface area contributed by atoms with Gasteiger partial charge in [-0.15, -0.1) is 0 Å². The van der Waals surface area contributed by atoms with Gasteiger partial charge in [0.25, 0.3) is 0 Å². The average molecular weight is 423 g/mol. The maximum Gasteiger partial charge on any atom is 0.435 e. The third kappa shape index (κ3) is 3.62. The van der Waals surface area contributed by atoms with E-state index in [1.165, 1.54) is 0 Å². The molecule has 136 valence electrons. The quantitative estimate of drug-likeness (QED) is 0.554. The van der Waals surface area contributed by atoms with E-state index in [4.69, 9.17) is 34.7 Å². The Balaban J connectivity index is 2.78. The Morgan fingerprint density at radius 3 is 1.84 bits per heavy atom. The van der Waals surface area contributed by atoms with Gasteiger partial charge < -0.3 is 11.5 Å². The van der Waals surface area contributed by atoms with E-state index < -0.39 is 55.7 Å². The first kappa shape index (κ1) is 19.6. The Bertz CT molecular complexity index is 836. The minimum absolute atomic E-state index is 0.447. The van der Waals surface area contributed by atoms with Gasteiger partial charge in [-0.3, -0.25) is 0 Å². The van der Waals surface area contributed by atoms with Crippen LogP contribution >= 0.6 is 35.4 Å². The molecule has 0 aliphatic heterocycles. The molecule has 0 fully saturated rings. The lowest BCUT2D eigenvalue weighted by molar-refractivity contribution is -0.141. The van der Waals surface area contributed by atoms with Crippen molar-refractivity contribution in [2.24, 2.45) is 5.73 Å². The maximum atomic E-state index is 13.1. The number of anilines is 1. The zero-order chi connectivity index (χ0) is 19.3. The van der Waals surface area contributed by atoms with Gasteiger partial charge in [-0.2, -0.15) is 31.4 Å². The number of benzene rings is 1. The third-order valence-electron chi connectivity index (χ3n) is 2.99. The summed E-state index contributed by atoms with van der Waals surface area (Å²) in [5.41, 5.74) is 6.88. The highest BCUT2D eigenvalue weighted by Crippen LogP contribution is 2.40. The van der Waals surface area contributed by atoms with E-state index in [0.29, 0.717) is 16.8 Å². The van der Waals surface area contributed by atoms with Gasteiger partial charge >= 0.3 is 12.4 Å². The Kier molecular flexibility index (Phi) is 4.88. The summed E-state index contributed by atoms with van der Waals surface area (Å²) < 4.78 is 77.9. The van der Waals surface area contributed by atoms with Crippen LogP contribution in [0.15, 0.2) is 12.1 Å². The van der Waals surface area contributed by atoms with E-state index in [0.717, 1.165) is 0 Å². The number of nitrogen functional groups attached to an aromatic ring is 1. The van der Waals surface area contributed by atoms with Crippen molar-refractivity contribution >= 4 is 46.2 Å². The summed E-state index contributed by atoms with van der Waals surface area (Å²) >= 11 is 16.0. The topological polar surface area (TPSA) is 69.9 Å². The smallest absolute Gasteiger partial charge is 0.389 e. The molecular formula is C12H6Cl2F6N4S. The molecule has 0 bridgehead atoms. The van der Waals surface area contributed by atoms with Gasteiger partial charge in [0, 0.05) is 0 Å². The second-order valence-electron chi connectivity index (χ2n) is 4.67. The SMILES string of the molecule is NC(=S)c1c(C(F)(F)F)nn(-c2c(Cl)cc(C(F)(F)F)cc2Cl)c1N. The first-order valence-corrected chi connectivity index (χ1v) is 7.23. The van der Waals surface area contributed by atoms with E-state index >= 15 is 0 Å². The lowest BCUT2D eigenvalue weighted by Gasteiger charge is -2.13. The van der Waals surface area contributed by atoms with Gasteiger partial charge in [-0.25, -0.2) is 4.68 Å². The number of hydrogen-bond donors (Lipinski definition) is 2. The standard InChI is InChI=1S/C12H6Cl2F6N4S/c13-4-1-3(11(15,16)17)2-5(14)7(4)24-9(21)6(10(22)25)8(23-24)12(18,19)20/h1-2H,21H2,(H2,22,25). The molecule has 1 heterocycles. The summed E-state index contributed by atoms with van der Waals surface area (Å²) in [5.74, 6) is -0.664. The molecule has 2 rings (SSSR count). The maximum absolute atomic E-state index is 13.1. The molecule has 13 heteroatoms. The largest absolute Gasteiger partial charge is 0.435 e. The monoisotopic (exact) mass is 422 g/mol. The Hall–Kier alpha value is -1.72. The number of aromatic nitrogens is 2. The molecule has 0 saturated carbocycles. The van der Waals surface area contributed by atoms with E-state index in [-0.39, 0.29) is 0 Å². The van der Waals surface area contributed by atoms with E-state index in [9.17, 15) is 26.3 Å². The molecule has 0 spiro atoms. The molecule has 2 aromatic rings. The summed E-state index contributed by atoms with van der Waals surface area (Å²) in [6.07, 6.45) is -9.73. The zero-order valence-electron chi connectivity index (χ0n) is 11.6. The van der Waals surface area contributed by atoms with Crippen molar-refractivity contribution in [3.8, 4) is 5.69 Å². The van der Waals surface area contributed by atoms with Crippen molar-refractivity contribution in [3.63, 3.8) is 0 Å². The molecule has 1 aromatic heterocycles. The first-order chi connectivity index (χ1) is 11.2. The van der Waals surface area contributed by atoms with Crippen LogP contribution in [0.4, 0.5) is 32.2 Å². The Labute approximate surface area is 151 Å². The van der Waals surface area contributed by atoms with E-state index in [1.54, 1.807) is 0 Å². The van der Waals surface area contributed by atoms with Crippen molar-refractivity contribution in [2.45, 2.75) is 12.4 Å². The zero-order valence-corrected chi connectivity index (χ0v) is 14.0. The molecule has 0 amide bonds. The normalized spacial score (nSPS) is 12.5. The molecule has 0 unspecified atom stereocenters. The molecule has 4 nitrogen and oxygen atoms in total. The fraction of sp³-hybridized carbons (Fsp3) is 0.167. The molecule has 0 atom stereocenters. The first-order valence-electron chi connectivity index (χ1n) is 6.07. The minimum atomic E-state index is -4.97. The summed E-state index contributed by atoms with van der Waals surface area (Å²) in [5, 5.41) is 2.01. The lowest BCUT2D eigenvalue weighted by Crippen LogP contribution is -2.18. The summed E-state index contributed by atoms with van der Waals surface area (Å²) in [7, 11) is 0. The van der Waals surface area contributed by atoms with Crippen LogP contribution in [0.2, 0.25) is 10.0 Å².